The number of Topliss-reactive ketones (excluding diaryl/α,β-unsaturated/α-hetero) is 1. The Hall–Kier alpha value is -4.08. The zero-order valence-electron chi connectivity index (χ0n) is 20.5. The number of phenolic OH excluding ortho intramolecular Hbond substituents is 1. The van der Waals surface area contributed by atoms with Gasteiger partial charge in [0.05, 0.1) is 17.5 Å². The van der Waals surface area contributed by atoms with Crippen molar-refractivity contribution in [2.45, 2.75) is 25.7 Å². The van der Waals surface area contributed by atoms with Crippen LogP contribution in [0.5, 0.6) is 5.75 Å². The minimum absolute atomic E-state index is 0.0200. The van der Waals surface area contributed by atoms with Gasteiger partial charge in [-0.2, -0.15) is 0 Å². The number of hydrogen-bond donors (Lipinski definition) is 3. The fourth-order valence-electron chi connectivity index (χ4n) is 6.54. The Morgan fingerprint density at radius 3 is 2.45 bits per heavy atom. The summed E-state index contributed by atoms with van der Waals surface area (Å²) in [4.78, 5) is 55.1. The average Bonchev–Trinajstić information content (AvgIpc) is 3.15. The van der Waals surface area contributed by atoms with Crippen molar-refractivity contribution in [2.75, 3.05) is 4.90 Å². The molecule has 2 aromatic rings. The molecule has 38 heavy (non-hydrogen) atoms. The highest BCUT2D eigenvalue weighted by Crippen LogP contribution is 2.55. The van der Waals surface area contributed by atoms with Crippen molar-refractivity contribution in [3.63, 3.8) is 0 Å². The van der Waals surface area contributed by atoms with Crippen LogP contribution in [-0.2, 0) is 19.2 Å². The Kier molecular flexibility index (Phi) is 5.59. The molecule has 2 amide bonds. The van der Waals surface area contributed by atoms with Crippen LogP contribution in [0, 0.1) is 17.8 Å². The molecule has 3 aliphatic carbocycles. The maximum absolute atomic E-state index is 13.9. The third-order valence-electron chi connectivity index (χ3n) is 8.19. The number of amides is 2. The van der Waals surface area contributed by atoms with Gasteiger partial charge >= 0.3 is 7.12 Å². The van der Waals surface area contributed by atoms with E-state index in [0.29, 0.717) is 22.3 Å². The van der Waals surface area contributed by atoms with Gasteiger partial charge in [0.2, 0.25) is 11.8 Å². The van der Waals surface area contributed by atoms with Crippen LogP contribution in [0.15, 0.2) is 83.0 Å². The van der Waals surface area contributed by atoms with Crippen molar-refractivity contribution >= 4 is 41.6 Å². The highest BCUT2D eigenvalue weighted by Gasteiger charge is 2.56. The molecule has 1 aliphatic heterocycles. The third-order valence-corrected chi connectivity index (χ3v) is 8.19. The van der Waals surface area contributed by atoms with Gasteiger partial charge in [-0.1, -0.05) is 35.9 Å². The summed E-state index contributed by atoms with van der Waals surface area (Å²) < 4.78 is 0. The van der Waals surface area contributed by atoms with Gasteiger partial charge in [0, 0.05) is 22.6 Å². The molecule has 0 radical (unpaired) electrons. The molecular formula is C29H24BNO7. The second-order valence-corrected chi connectivity index (χ2v) is 10.3. The number of fused-ring (bicyclic) bond motifs is 3. The quantitative estimate of drug-likeness (QED) is 0.248. The summed E-state index contributed by atoms with van der Waals surface area (Å²) in [6.07, 6.45) is 3.71. The molecule has 1 heterocycles. The topological polar surface area (TPSA) is 132 Å². The lowest BCUT2D eigenvalue weighted by molar-refractivity contribution is -0.123. The van der Waals surface area contributed by atoms with Crippen LogP contribution in [-0.4, -0.2) is 45.7 Å². The first-order valence-electron chi connectivity index (χ1n) is 12.5. The number of phenols is 1. The lowest BCUT2D eigenvalue weighted by atomic mass is 9.59. The first kappa shape index (κ1) is 24.3. The number of aromatic hydroxyl groups is 1. The molecule has 0 saturated carbocycles. The minimum atomic E-state index is -1.75. The number of anilines is 1. The van der Waals surface area contributed by atoms with Crippen LogP contribution in [0.3, 0.4) is 0 Å². The molecule has 0 bridgehead atoms. The Balaban J connectivity index is 1.47. The Labute approximate surface area is 218 Å². The summed E-state index contributed by atoms with van der Waals surface area (Å²) in [5.41, 5.74) is 2.90. The molecule has 1 fully saturated rings. The monoisotopic (exact) mass is 509 g/mol. The van der Waals surface area contributed by atoms with Crippen molar-refractivity contribution in [2.24, 2.45) is 17.8 Å². The minimum Gasteiger partial charge on any atom is -0.508 e. The van der Waals surface area contributed by atoms with Gasteiger partial charge in [-0.05, 0) is 67.1 Å². The van der Waals surface area contributed by atoms with E-state index in [9.17, 15) is 34.3 Å². The first-order chi connectivity index (χ1) is 18.2. The predicted octanol–water partition coefficient (Wildman–Crippen LogP) is 1.71. The molecule has 4 atom stereocenters. The molecule has 0 aromatic heterocycles. The van der Waals surface area contributed by atoms with Gasteiger partial charge in [-0.3, -0.25) is 24.1 Å². The Morgan fingerprint density at radius 2 is 1.71 bits per heavy atom. The van der Waals surface area contributed by atoms with E-state index >= 15 is 0 Å². The SMILES string of the molecule is CC1=CC(=O)C2=C(CC3C(=CCC4C(=O)N(c5cccc(B(O)O)c5)C(=O)C43)C2c2cccc(O)c2)C1=O. The molecule has 2 aromatic carbocycles. The lowest BCUT2D eigenvalue weighted by Gasteiger charge is -2.42. The Morgan fingerprint density at radius 1 is 0.947 bits per heavy atom. The smallest absolute Gasteiger partial charge is 0.488 e. The fraction of sp³-hybridized carbons (Fsp3) is 0.241. The van der Waals surface area contributed by atoms with E-state index in [2.05, 4.69) is 0 Å². The maximum Gasteiger partial charge on any atom is 0.488 e. The van der Waals surface area contributed by atoms with Gasteiger partial charge in [0.1, 0.15) is 5.75 Å². The molecule has 8 nitrogen and oxygen atoms in total. The van der Waals surface area contributed by atoms with E-state index in [0.717, 1.165) is 10.5 Å². The van der Waals surface area contributed by atoms with Gasteiger partial charge in [-0.15, -0.1) is 0 Å². The second-order valence-electron chi connectivity index (χ2n) is 10.3. The molecule has 9 heteroatoms. The Bertz CT molecular complexity index is 1530. The van der Waals surface area contributed by atoms with Crippen molar-refractivity contribution in [1.82, 2.24) is 0 Å². The highest BCUT2D eigenvalue weighted by atomic mass is 16.4. The van der Waals surface area contributed by atoms with Crippen molar-refractivity contribution in [1.29, 1.82) is 0 Å². The summed E-state index contributed by atoms with van der Waals surface area (Å²) in [5.74, 6) is -3.78. The predicted molar refractivity (Wildman–Crippen MR) is 138 cm³/mol. The largest absolute Gasteiger partial charge is 0.508 e. The number of rotatable bonds is 3. The first-order valence-corrected chi connectivity index (χ1v) is 12.5. The molecule has 0 spiro atoms. The second kappa shape index (κ2) is 8.75. The number of carbonyl (C=O) groups is 4. The number of allylic oxidation sites excluding steroid dienone is 6. The van der Waals surface area contributed by atoms with E-state index in [4.69, 9.17) is 0 Å². The van der Waals surface area contributed by atoms with E-state index in [1.807, 2.05) is 6.08 Å². The highest BCUT2D eigenvalue weighted by molar-refractivity contribution is 6.58. The number of nitrogens with zero attached hydrogens (tertiary/aromatic N) is 1. The normalized spacial score (nSPS) is 26.6. The van der Waals surface area contributed by atoms with Crippen LogP contribution in [0.2, 0.25) is 0 Å². The van der Waals surface area contributed by atoms with E-state index in [1.54, 1.807) is 37.3 Å². The summed E-state index contributed by atoms with van der Waals surface area (Å²) >= 11 is 0. The van der Waals surface area contributed by atoms with Crippen molar-refractivity contribution in [3.05, 3.63) is 88.5 Å². The standard InChI is InChI=1S/C29H24BNO7/c1-14-10-23(33)26-22(27(14)34)13-21-19(24(26)15-4-2-7-18(32)11-15)8-9-20-25(21)29(36)31(28(20)35)17-6-3-5-16(12-17)30(37)38/h2-8,10-12,20-21,24-25,32,37-38H,9,13H2,1H3. The van der Waals surface area contributed by atoms with E-state index in [-0.39, 0.29) is 47.2 Å². The van der Waals surface area contributed by atoms with Crippen molar-refractivity contribution < 1.29 is 34.3 Å². The third kappa shape index (κ3) is 3.54. The molecule has 190 valence electrons. The molecule has 4 unspecified atom stereocenters. The maximum atomic E-state index is 13.9. The fourth-order valence-corrected chi connectivity index (χ4v) is 6.54. The van der Waals surface area contributed by atoms with E-state index in [1.165, 1.54) is 24.3 Å². The summed E-state index contributed by atoms with van der Waals surface area (Å²) in [6.45, 7) is 1.59. The molecule has 4 aliphatic rings. The van der Waals surface area contributed by atoms with Crippen molar-refractivity contribution in [3.8, 4) is 5.75 Å². The molecule has 3 N–H and O–H groups in total. The summed E-state index contributed by atoms with van der Waals surface area (Å²) in [7, 11) is -1.75. The van der Waals surface area contributed by atoms with Gasteiger partial charge < -0.3 is 15.2 Å². The summed E-state index contributed by atoms with van der Waals surface area (Å²) in [5, 5.41) is 29.4. The zero-order valence-corrected chi connectivity index (χ0v) is 20.5. The zero-order chi connectivity index (χ0) is 26.9. The lowest BCUT2D eigenvalue weighted by Crippen LogP contribution is -2.40. The van der Waals surface area contributed by atoms with E-state index < -0.39 is 36.7 Å². The summed E-state index contributed by atoms with van der Waals surface area (Å²) in [6, 6.07) is 12.6. The molecule has 1 saturated heterocycles. The van der Waals surface area contributed by atoms with Crippen LogP contribution < -0.4 is 10.4 Å². The number of hydrogen-bond acceptors (Lipinski definition) is 7. The molecule has 6 rings (SSSR count). The van der Waals surface area contributed by atoms with Crippen LogP contribution in [0.25, 0.3) is 0 Å². The number of carbonyl (C=O) groups excluding carboxylic acids is 4. The molecular weight excluding hydrogens is 485 g/mol. The number of benzene rings is 2. The van der Waals surface area contributed by atoms with Gasteiger partial charge in [-0.25, -0.2) is 0 Å². The van der Waals surface area contributed by atoms with Gasteiger partial charge in [0.25, 0.3) is 0 Å². The number of imide groups is 1. The number of ketones is 2. The van der Waals surface area contributed by atoms with Crippen LogP contribution in [0.1, 0.15) is 31.2 Å². The van der Waals surface area contributed by atoms with Crippen LogP contribution in [0.4, 0.5) is 5.69 Å². The average molecular weight is 509 g/mol. The van der Waals surface area contributed by atoms with Gasteiger partial charge in [0.15, 0.2) is 11.6 Å². The van der Waals surface area contributed by atoms with Crippen LogP contribution >= 0.6 is 0 Å².